The van der Waals surface area contributed by atoms with Crippen molar-refractivity contribution in [2.24, 2.45) is 0 Å². The Bertz CT molecular complexity index is 273. The van der Waals surface area contributed by atoms with Crippen LogP contribution in [-0.2, 0) is 5.41 Å². The summed E-state index contributed by atoms with van der Waals surface area (Å²) in [7, 11) is 1.70. The van der Waals surface area contributed by atoms with Crippen LogP contribution in [0.4, 0.5) is 0 Å². The van der Waals surface area contributed by atoms with Crippen LogP contribution in [0.1, 0.15) is 32.0 Å². The number of ether oxygens (including phenoxy) is 1. The van der Waals surface area contributed by atoms with E-state index < -0.39 is 0 Å². The van der Waals surface area contributed by atoms with E-state index in [1.54, 1.807) is 7.11 Å². The minimum Gasteiger partial charge on any atom is -0.486 e. The molecule has 0 amide bonds. The molecular weight excluding hydrogens is 170 g/mol. The molecule has 1 rings (SSSR count). The van der Waals surface area contributed by atoms with E-state index in [1.807, 2.05) is 6.92 Å². The maximum atomic E-state index is 5.25. The van der Waals surface area contributed by atoms with Gasteiger partial charge in [0.2, 0.25) is 0 Å². The topological polar surface area (TPSA) is 22.1 Å². The van der Waals surface area contributed by atoms with Gasteiger partial charge in [-0.1, -0.05) is 20.8 Å². The first-order valence-electron chi connectivity index (χ1n) is 3.97. The van der Waals surface area contributed by atoms with Crippen LogP contribution in [0.15, 0.2) is 0 Å². The lowest BCUT2D eigenvalue weighted by molar-refractivity contribution is 0.410. The Balaban J connectivity index is 3.19. The molecule has 1 aromatic heterocycles. The van der Waals surface area contributed by atoms with Gasteiger partial charge in [-0.2, -0.15) is 4.37 Å². The maximum absolute atomic E-state index is 5.25. The summed E-state index contributed by atoms with van der Waals surface area (Å²) in [5.74, 6) is 0. The van der Waals surface area contributed by atoms with E-state index in [9.17, 15) is 0 Å². The number of methoxy groups -OCH3 is 1. The molecular formula is C9H15NOS. The fourth-order valence-electron chi connectivity index (χ4n) is 1.34. The number of nitrogens with zero attached hydrogens (tertiary/aromatic N) is 1. The van der Waals surface area contributed by atoms with Gasteiger partial charge in [-0.15, -0.1) is 0 Å². The molecule has 68 valence electrons. The van der Waals surface area contributed by atoms with Gasteiger partial charge in [-0.25, -0.2) is 0 Å². The molecule has 0 spiro atoms. The van der Waals surface area contributed by atoms with Crippen molar-refractivity contribution in [3.05, 3.63) is 11.3 Å². The van der Waals surface area contributed by atoms with Crippen LogP contribution in [-0.4, -0.2) is 11.5 Å². The van der Waals surface area contributed by atoms with Crippen molar-refractivity contribution in [2.45, 2.75) is 33.1 Å². The van der Waals surface area contributed by atoms with E-state index in [4.69, 9.17) is 4.74 Å². The highest BCUT2D eigenvalue weighted by atomic mass is 32.1. The molecule has 1 aromatic rings. The van der Waals surface area contributed by atoms with Crippen molar-refractivity contribution in [1.29, 1.82) is 0 Å². The van der Waals surface area contributed by atoms with E-state index in [0.29, 0.717) is 0 Å². The molecule has 0 aliphatic carbocycles. The van der Waals surface area contributed by atoms with Crippen molar-refractivity contribution in [3.8, 4) is 5.06 Å². The number of rotatable bonds is 1. The van der Waals surface area contributed by atoms with Gasteiger partial charge in [0.15, 0.2) is 5.06 Å². The highest BCUT2D eigenvalue weighted by Gasteiger charge is 2.23. The van der Waals surface area contributed by atoms with E-state index in [-0.39, 0.29) is 5.41 Å². The lowest BCUT2D eigenvalue weighted by Crippen LogP contribution is -2.12. The highest BCUT2D eigenvalue weighted by molar-refractivity contribution is 7.08. The van der Waals surface area contributed by atoms with Crippen molar-refractivity contribution in [1.82, 2.24) is 4.37 Å². The molecule has 0 aromatic carbocycles. The van der Waals surface area contributed by atoms with Crippen LogP contribution in [0.3, 0.4) is 0 Å². The van der Waals surface area contributed by atoms with E-state index in [2.05, 4.69) is 25.1 Å². The summed E-state index contributed by atoms with van der Waals surface area (Å²) in [5.41, 5.74) is 2.45. The monoisotopic (exact) mass is 185 g/mol. The fourth-order valence-corrected chi connectivity index (χ4v) is 2.27. The zero-order valence-electron chi connectivity index (χ0n) is 8.26. The molecule has 0 saturated carbocycles. The second-order valence-corrected chi connectivity index (χ2v) is 4.62. The Morgan fingerprint density at radius 2 is 1.92 bits per heavy atom. The predicted molar refractivity (Wildman–Crippen MR) is 52.1 cm³/mol. The molecule has 0 fully saturated rings. The van der Waals surface area contributed by atoms with Crippen LogP contribution >= 0.6 is 11.5 Å². The average Bonchev–Trinajstić information content (AvgIpc) is 2.29. The summed E-state index contributed by atoms with van der Waals surface area (Å²) in [5, 5.41) is 0.944. The minimum atomic E-state index is 0.127. The normalized spacial score (nSPS) is 11.8. The number of hydrogen-bond donors (Lipinski definition) is 0. The Kier molecular flexibility index (Phi) is 2.42. The van der Waals surface area contributed by atoms with Crippen LogP contribution in [0.5, 0.6) is 5.06 Å². The maximum Gasteiger partial charge on any atom is 0.197 e. The van der Waals surface area contributed by atoms with Crippen LogP contribution in [0, 0.1) is 6.92 Å². The van der Waals surface area contributed by atoms with Crippen molar-refractivity contribution in [3.63, 3.8) is 0 Å². The summed E-state index contributed by atoms with van der Waals surface area (Å²) in [6.45, 7) is 8.55. The minimum absolute atomic E-state index is 0.127. The summed E-state index contributed by atoms with van der Waals surface area (Å²) in [4.78, 5) is 0. The smallest absolute Gasteiger partial charge is 0.197 e. The molecule has 12 heavy (non-hydrogen) atoms. The third kappa shape index (κ3) is 1.61. The summed E-state index contributed by atoms with van der Waals surface area (Å²) in [6, 6.07) is 0. The highest BCUT2D eigenvalue weighted by Crippen LogP contribution is 2.36. The Labute approximate surface area is 77.7 Å². The van der Waals surface area contributed by atoms with Crippen molar-refractivity contribution >= 4 is 11.5 Å². The Morgan fingerprint density at radius 1 is 1.33 bits per heavy atom. The van der Waals surface area contributed by atoms with E-state index in [1.165, 1.54) is 17.1 Å². The van der Waals surface area contributed by atoms with Gasteiger partial charge in [-0.3, -0.25) is 0 Å². The lowest BCUT2D eigenvalue weighted by atomic mass is 9.87. The number of aryl methyl sites for hydroxylation is 1. The lowest BCUT2D eigenvalue weighted by Gasteiger charge is -2.18. The molecule has 1 heterocycles. The van der Waals surface area contributed by atoms with Gasteiger partial charge in [0.05, 0.1) is 12.8 Å². The van der Waals surface area contributed by atoms with E-state index >= 15 is 0 Å². The van der Waals surface area contributed by atoms with Gasteiger partial charge >= 0.3 is 0 Å². The second kappa shape index (κ2) is 3.05. The van der Waals surface area contributed by atoms with Gasteiger partial charge in [-0.05, 0) is 12.3 Å². The zero-order valence-corrected chi connectivity index (χ0v) is 9.08. The van der Waals surface area contributed by atoms with Gasteiger partial charge in [0.1, 0.15) is 0 Å². The summed E-state index contributed by atoms with van der Waals surface area (Å²) >= 11 is 1.43. The Hall–Kier alpha value is -0.570. The predicted octanol–water partition coefficient (Wildman–Crippen LogP) is 2.76. The van der Waals surface area contributed by atoms with Crippen molar-refractivity contribution in [2.75, 3.05) is 7.11 Å². The van der Waals surface area contributed by atoms with Crippen LogP contribution < -0.4 is 4.74 Å². The van der Waals surface area contributed by atoms with E-state index in [0.717, 1.165) is 10.8 Å². The summed E-state index contributed by atoms with van der Waals surface area (Å²) < 4.78 is 9.52. The first-order valence-corrected chi connectivity index (χ1v) is 4.75. The molecule has 0 bridgehead atoms. The first-order chi connectivity index (χ1) is 5.46. The quantitative estimate of drug-likeness (QED) is 0.671. The second-order valence-electron chi connectivity index (χ2n) is 3.88. The fraction of sp³-hybridized carbons (Fsp3) is 0.667. The van der Waals surface area contributed by atoms with Crippen LogP contribution in [0.25, 0.3) is 0 Å². The molecule has 3 heteroatoms. The van der Waals surface area contributed by atoms with Gasteiger partial charge in [0.25, 0.3) is 0 Å². The summed E-state index contributed by atoms with van der Waals surface area (Å²) in [6.07, 6.45) is 0. The third-order valence-corrected chi connectivity index (χ3v) is 2.67. The van der Waals surface area contributed by atoms with Gasteiger partial charge in [0, 0.05) is 17.1 Å². The Morgan fingerprint density at radius 3 is 2.25 bits per heavy atom. The zero-order chi connectivity index (χ0) is 9.35. The molecule has 0 aliphatic rings. The first kappa shape index (κ1) is 9.52. The SMILES string of the molecule is COc1snc(C)c1C(C)(C)C. The molecule has 0 unspecified atom stereocenters. The standard InChI is InChI=1S/C9H15NOS/c1-6-7(9(2,3)4)8(11-5)12-10-6/h1-5H3. The molecule has 2 nitrogen and oxygen atoms in total. The third-order valence-electron chi connectivity index (χ3n) is 1.77. The number of aromatic nitrogens is 1. The molecule has 0 radical (unpaired) electrons. The largest absolute Gasteiger partial charge is 0.486 e. The van der Waals surface area contributed by atoms with Gasteiger partial charge < -0.3 is 4.74 Å². The average molecular weight is 185 g/mol. The van der Waals surface area contributed by atoms with Crippen molar-refractivity contribution < 1.29 is 4.74 Å². The molecule has 0 aliphatic heterocycles. The molecule has 0 atom stereocenters. The van der Waals surface area contributed by atoms with Crippen LogP contribution in [0.2, 0.25) is 0 Å². The molecule has 0 saturated heterocycles. The molecule has 0 N–H and O–H groups in total. The number of hydrogen-bond acceptors (Lipinski definition) is 3.